The predicted molar refractivity (Wildman–Crippen MR) is 115 cm³/mol. The number of carbonyl (C=O) groups excluding carboxylic acids is 2. The zero-order chi connectivity index (χ0) is 19.8. The van der Waals surface area contributed by atoms with Crippen LogP contribution < -0.4 is 10.2 Å². The Bertz CT molecular complexity index is 772. The van der Waals surface area contributed by atoms with Crippen molar-refractivity contribution >= 4 is 29.3 Å². The van der Waals surface area contributed by atoms with Crippen LogP contribution in [0.4, 0.5) is 5.69 Å². The lowest BCUT2D eigenvalue weighted by Gasteiger charge is -2.31. The quantitative estimate of drug-likeness (QED) is 0.745. The Hall–Kier alpha value is -2.31. The number of anilines is 1. The zero-order valence-electron chi connectivity index (χ0n) is 16.3. The van der Waals surface area contributed by atoms with Crippen molar-refractivity contribution in [2.45, 2.75) is 12.7 Å². The van der Waals surface area contributed by atoms with Gasteiger partial charge in [0.05, 0.1) is 31.9 Å². The Morgan fingerprint density at radius 3 is 2.39 bits per heavy atom. The first-order chi connectivity index (χ1) is 13.6. The average Bonchev–Trinajstić information content (AvgIpc) is 2.71. The highest BCUT2D eigenvalue weighted by atomic mass is 32.2. The van der Waals surface area contributed by atoms with Crippen LogP contribution in [0.5, 0.6) is 0 Å². The van der Waals surface area contributed by atoms with Crippen molar-refractivity contribution in [3.05, 3.63) is 65.7 Å². The molecule has 3 rings (SSSR count). The third kappa shape index (κ3) is 6.39. The summed E-state index contributed by atoms with van der Waals surface area (Å²) in [6, 6.07) is 18.0. The molecule has 148 valence electrons. The molecule has 0 bridgehead atoms. The number of hydrogen-bond donors (Lipinski definition) is 2. The van der Waals surface area contributed by atoms with Gasteiger partial charge in [0.1, 0.15) is 0 Å². The van der Waals surface area contributed by atoms with Crippen molar-refractivity contribution in [1.82, 2.24) is 4.90 Å². The number of aryl methyl sites for hydroxylation is 1. The predicted octanol–water partition coefficient (Wildman–Crippen LogP) is 1.59. The lowest BCUT2D eigenvalue weighted by Crippen LogP contribution is -3.15. The molecule has 28 heavy (non-hydrogen) atoms. The summed E-state index contributed by atoms with van der Waals surface area (Å²) in [6.45, 7) is 5.54. The molecule has 2 aromatic rings. The fourth-order valence-corrected chi connectivity index (χ4v) is 4.13. The molecular formula is C22H28N3O2S+. The SMILES string of the molecule is Cc1ccc(NC(=O)C[NH+]2CCN(C(=O)CSCc3ccccc3)CC2)cc1. The third-order valence-electron chi connectivity index (χ3n) is 4.91. The number of rotatable bonds is 7. The molecule has 0 unspecified atom stereocenters. The Morgan fingerprint density at radius 1 is 1.04 bits per heavy atom. The van der Waals surface area contributed by atoms with E-state index in [0.29, 0.717) is 12.3 Å². The molecule has 1 heterocycles. The smallest absolute Gasteiger partial charge is 0.279 e. The normalized spacial score (nSPS) is 14.7. The maximum absolute atomic E-state index is 12.4. The number of hydrogen-bond acceptors (Lipinski definition) is 3. The van der Waals surface area contributed by atoms with Gasteiger partial charge in [0, 0.05) is 11.4 Å². The van der Waals surface area contributed by atoms with Gasteiger partial charge in [-0.1, -0.05) is 48.0 Å². The monoisotopic (exact) mass is 398 g/mol. The zero-order valence-corrected chi connectivity index (χ0v) is 17.1. The maximum Gasteiger partial charge on any atom is 0.279 e. The van der Waals surface area contributed by atoms with Gasteiger partial charge in [-0.25, -0.2) is 0 Å². The van der Waals surface area contributed by atoms with Gasteiger partial charge in [-0.2, -0.15) is 0 Å². The van der Waals surface area contributed by atoms with E-state index in [-0.39, 0.29) is 11.8 Å². The van der Waals surface area contributed by atoms with E-state index in [4.69, 9.17) is 0 Å². The first kappa shape index (κ1) is 20.4. The molecule has 6 heteroatoms. The molecule has 0 spiro atoms. The van der Waals surface area contributed by atoms with Crippen LogP contribution in [0.1, 0.15) is 11.1 Å². The van der Waals surface area contributed by atoms with Crippen LogP contribution in [-0.2, 0) is 15.3 Å². The summed E-state index contributed by atoms with van der Waals surface area (Å²) < 4.78 is 0. The minimum atomic E-state index is 0.0250. The maximum atomic E-state index is 12.4. The molecule has 0 saturated carbocycles. The Morgan fingerprint density at radius 2 is 1.71 bits per heavy atom. The number of benzene rings is 2. The summed E-state index contributed by atoms with van der Waals surface area (Å²) in [5.41, 5.74) is 3.25. The molecular weight excluding hydrogens is 370 g/mol. The summed E-state index contributed by atoms with van der Waals surface area (Å²) in [5, 5.41) is 2.95. The topological polar surface area (TPSA) is 53.9 Å². The molecule has 2 amide bonds. The number of nitrogens with zero attached hydrogens (tertiary/aromatic N) is 1. The number of piperazine rings is 1. The van der Waals surface area contributed by atoms with Crippen LogP contribution in [0.15, 0.2) is 54.6 Å². The first-order valence-electron chi connectivity index (χ1n) is 9.70. The van der Waals surface area contributed by atoms with Gasteiger partial charge < -0.3 is 15.1 Å². The summed E-state index contributed by atoms with van der Waals surface area (Å²) in [6.07, 6.45) is 0. The minimum absolute atomic E-state index is 0.0250. The van der Waals surface area contributed by atoms with Crippen LogP contribution in [0.3, 0.4) is 0 Å². The van der Waals surface area contributed by atoms with Crippen LogP contribution in [-0.4, -0.2) is 55.2 Å². The van der Waals surface area contributed by atoms with Crippen molar-refractivity contribution in [2.24, 2.45) is 0 Å². The molecule has 0 aromatic heterocycles. The van der Waals surface area contributed by atoms with Crippen molar-refractivity contribution in [3.63, 3.8) is 0 Å². The number of amides is 2. The van der Waals surface area contributed by atoms with E-state index in [1.165, 1.54) is 16.0 Å². The fraction of sp³-hybridized carbons (Fsp3) is 0.364. The highest BCUT2D eigenvalue weighted by Gasteiger charge is 2.25. The van der Waals surface area contributed by atoms with E-state index in [1.807, 2.05) is 54.3 Å². The van der Waals surface area contributed by atoms with Crippen LogP contribution in [0.2, 0.25) is 0 Å². The number of carbonyl (C=O) groups is 2. The highest BCUT2D eigenvalue weighted by Crippen LogP contribution is 2.12. The average molecular weight is 399 g/mol. The van der Waals surface area contributed by atoms with Gasteiger partial charge >= 0.3 is 0 Å². The molecule has 1 fully saturated rings. The highest BCUT2D eigenvalue weighted by molar-refractivity contribution is 7.99. The molecule has 1 saturated heterocycles. The number of thioether (sulfide) groups is 1. The first-order valence-corrected chi connectivity index (χ1v) is 10.8. The Kier molecular flexibility index (Phi) is 7.51. The van der Waals surface area contributed by atoms with Crippen LogP contribution in [0, 0.1) is 6.92 Å². The Balaban J connectivity index is 1.34. The van der Waals surface area contributed by atoms with Gasteiger partial charge in [0.25, 0.3) is 5.91 Å². The second kappa shape index (κ2) is 10.3. The summed E-state index contributed by atoms with van der Waals surface area (Å²) >= 11 is 1.66. The lowest BCUT2D eigenvalue weighted by atomic mass is 10.2. The van der Waals surface area contributed by atoms with Crippen LogP contribution in [0.25, 0.3) is 0 Å². The molecule has 1 aliphatic heterocycles. The van der Waals surface area contributed by atoms with Crippen molar-refractivity contribution in [3.8, 4) is 0 Å². The summed E-state index contributed by atoms with van der Waals surface area (Å²) in [5.74, 6) is 1.59. The molecule has 1 aliphatic rings. The molecule has 0 atom stereocenters. The van der Waals surface area contributed by atoms with E-state index in [2.05, 4.69) is 17.4 Å². The van der Waals surface area contributed by atoms with E-state index in [9.17, 15) is 9.59 Å². The lowest BCUT2D eigenvalue weighted by molar-refractivity contribution is -0.895. The van der Waals surface area contributed by atoms with Crippen molar-refractivity contribution < 1.29 is 14.5 Å². The third-order valence-corrected chi connectivity index (χ3v) is 5.89. The second-order valence-corrected chi connectivity index (χ2v) is 8.19. The largest absolute Gasteiger partial charge is 0.331 e. The second-order valence-electron chi connectivity index (χ2n) is 7.20. The van der Waals surface area contributed by atoms with Crippen molar-refractivity contribution in [2.75, 3.05) is 43.8 Å². The van der Waals surface area contributed by atoms with E-state index in [0.717, 1.165) is 37.6 Å². The van der Waals surface area contributed by atoms with Crippen molar-refractivity contribution in [1.29, 1.82) is 0 Å². The van der Waals surface area contributed by atoms with Gasteiger partial charge in [-0.05, 0) is 24.6 Å². The molecule has 2 aromatic carbocycles. The Labute approximate surface area is 171 Å². The molecule has 2 N–H and O–H groups in total. The van der Waals surface area contributed by atoms with Crippen LogP contribution >= 0.6 is 11.8 Å². The minimum Gasteiger partial charge on any atom is -0.331 e. The molecule has 5 nitrogen and oxygen atoms in total. The van der Waals surface area contributed by atoms with E-state index >= 15 is 0 Å². The molecule has 0 radical (unpaired) electrons. The molecule has 0 aliphatic carbocycles. The number of nitrogens with one attached hydrogen (secondary N) is 2. The number of quaternary nitrogens is 1. The fourth-order valence-electron chi connectivity index (χ4n) is 3.24. The summed E-state index contributed by atoms with van der Waals surface area (Å²) in [4.78, 5) is 27.8. The van der Waals surface area contributed by atoms with E-state index < -0.39 is 0 Å². The van der Waals surface area contributed by atoms with E-state index in [1.54, 1.807) is 11.8 Å². The summed E-state index contributed by atoms with van der Waals surface area (Å²) in [7, 11) is 0. The van der Waals surface area contributed by atoms with Gasteiger partial charge in [0.15, 0.2) is 6.54 Å². The van der Waals surface area contributed by atoms with Gasteiger partial charge in [0.2, 0.25) is 5.91 Å². The standard InChI is InChI=1S/C22H27N3O2S/c1-18-7-9-20(10-8-18)23-21(26)15-24-11-13-25(14-12-24)22(27)17-28-16-19-5-3-2-4-6-19/h2-10H,11-17H2,1H3,(H,23,26)/p+1. The van der Waals surface area contributed by atoms with Gasteiger partial charge in [-0.15, -0.1) is 11.8 Å². The van der Waals surface area contributed by atoms with Gasteiger partial charge in [-0.3, -0.25) is 9.59 Å².